The van der Waals surface area contributed by atoms with Gasteiger partial charge in [-0.25, -0.2) is 0 Å². The van der Waals surface area contributed by atoms with Gasteiger partial charge in [0.25, 0.3) is 0 Å². The molecule has 0 bridgehead atoms. The van der Waals surface area contributed by atoms with Gasteiger partial charge in [-0.3, -0.25) is 14.6 Å². The Balaban J connectivity index is 1.30. The lowest BCUT2D eigenvalue weighted by molar-refractivity contribution is -0.144. The van der Waals surface area contributed by atoms with Crippen molar-refractivity contribution in [2.24, 2.45) is 5.92 Å². The number of rotatable bonds is 3. The van der Waals surface area contributed by atoms with E-state index in [2.05, 4.69) is 34.1 Å². The first-order valence-corrected chi connectivity index (χ1v) is 9.48. The monoisotopic (exact) mass is 328 g/mol. The molecule has 0 amide bonds. The van der Waals surface area contributed by atoms with E-state index >= 15 is 0 Å². The molecule has 2 fully saturated rings. The van der Waals surface area contributed by atoms with E-state index in [4.69, 9.17) is 0 Å². The van der Waals surface area contributed by atoms with Gasteiger partial charge in [0.05, 0.1) is 5.92 Å². The Morgan fingerprint density at radius 2 is 1.58 bits per heavy atom. The van der Waals surface area contributed by atoms with E-state index in [0.29, 0.717) is 12.1 Å². The maximum absolute atomic E-state index is 11.3. The highest BCUT2D eigenvalue weighted by Gasteiger charge is 2.34. The quantitative estimate of drug-likeness (QED) is 0.925. The molecule has 0 saturated carbocycles. The van der Waals surface area contributed by atoms with Crippen LogP contribution in [0.4, 0.5) is 0 Å². The number of carboxylic acid groups (broad SMARTS) is 1. The molecule has 0 aromatic heterocycles. The van der Waals surface area contributed by atoms with Crippen molar-refractivity contribution < 1.29 is 9.90 Å². The summed E-state index contributed by atoms with van der Waals surface area (Å²) in [6.45, 7) is 4.17. The summed E-state index contributed by atoms with van der Waals surface area (Å²) in [7, 11) is 0. The first-order valence-electron chi connectivity index (χ1n) is 9.48. The largest absolute Gasteiger partial charge is 0.481 e. The predicted molar refractivity (Wildman–Crippen MR) is 94.2 cm³/mol. The number of piperidine rings is 2. The molecule has 4 nitrogen and oxygen atoms in total. The number of carbonyl (C=O) groups is 1. The first kappa shape index (κ1) is 16.1. The predicted octanol–water partition coefficient (Wildman–Crippen LogP) is 2.41. The minimum absolute atomic E-state index is 0.152. The van der Waals surface area contributed by atoms with Crippen molar-refractivity contribution in [1.29, 1.82) is 0 Å². The van der Waals surface area contributed by atoms with Crippen LogP contribution in [-0.4, -0.2) is 59.1 Å². The van der Waals surface area contributed by atoms with Crippen LogP contribution in [0.25, 0.3) is 0 Å². The van der Waals surface area contributed by atoms with Crippen molar-refractivity contribution in [3.63, 3.8) is 0 Å². The third kappa shape index (κ3) is 3.22. The van der Waals surface area contributed by atoms with Crippen LogP contribution in [0.5, 0.6) is 0 Å². The molecule has 0 radical (unpaired) electrons. The van der Waals surface area contributed by atoms with Gasteiger partial charge >= 0.3 is 5.97 Å². The smallest absolute Gasteiger partial charge is 0.307 e. The van der Waals surface area contributed by atoms with E-state index in [-0.39, 0.29) is 5.92 Å². The van der Waals surface area contributed by atoms with E-state index in [0.717, 1.165) is 39.0 Å². The van der Waals surface area contributed by atoms with Crippen LogP contribution in [0, 0.1) is 5.92 Å². The summed E-state index contributed by atoms with van der Waals surface area (Å²) in [6, 6.07) is 10.1. The van der Waals surface area contributed by atoms with Gasteiger partial charge in [-0.05, 0) is 69.3 Å². The van der Waals surface area contributed by atoms with Crippen molar-refractivity contribution in [3.05, 3.63) is 35.4 Å². The molecule has 1 atom stereocenters. The zero-order valence-electron chi connectivity index (χ0n) is 14.4. The molecule has 4 heteroatoms. The van der Waals surface area contributed by atoms with Crippen LogP contribution in [0.1, 0.15) is 36.8 Å². The average molecular weight is 328 g/mol. The molecule has 1 aliphatic carbocycles. The fourth-order valence-corrected chi connectivity index (χ4v) is 4.95. The molecule has 1 unspecified atom stereocenters. The van der Waals surface area contributed by atoms with Crippen molar-refractivity contribution in [1.82, 2.24) is 9.80 Å². The van der Waals surface area contributed by atoms with Gasteiger partial charge in [0.1, 0.15) is 0 Å². The molecule has 2 aliphatic heterocycles. The molecule has 24 heavy (non-hydrogen) atoms. The van der Waals surface area contributed by atoms with Gasteiger partial charge in [0, 0.05) is 18.6 Å². The Labute approximate surface area is 144 Å². The second-order valence-electron chi connectivity index (χ2n) is 7.77. The lowest BCUT2D eigenvalue weighted by Gasteiger charge is -2.43. The van der Waals surface area contributed by atoms with Gasteiger partial charge in [-0.1, -0.05) is 24.3 Å². The average Bonchev–Trinajstić information content (AvgIpc) is 3.06. The number of hydrogen-bond donors (Lipinski definition) is 1. The van der Waals surface area contributed by atoms with Crippen molar-refractivity contribution in [2.45, 2.75) is 50.6 Å². The van der Waals surface area contributed by atoms with Crippen LogP contribution in [0.2, 0.25) is 0 Å². The molecular formula is C20H28N2O2. The van der Waals surface area contributed by atoms with E-state index in [1.54, 1.807) is 0 Å². The van der Waals surface area contributed by atoms with Gasteiger partial charge in [0.2, 0.25) is 0 Å². The Morgan fingerprint density at radius 3 is 2.21 bits per heavy atom. The minimum Gasteiger partial charge on any atom is -0.481 e. The maximum Gasteiger partial charge on any atom is 0.307 e. The Hall–Kier alpha value is -1.39. The molecule has 0 spiro atoms. The summed E-state index contributed by atoms with van der Waals surface area (Å²) >= 11 is 0. The van der Waals surface area contributed by atoms with Gasteiger partial charge in [-0.2, -0.15) is 0 Å². The molecular weight excluding hydrogens is 300 g/mol. The standard InChI is InChI=1S/C20H28N2O2/c23-20(24)17-6-3-9-22(14-17)18-7-10-21(11-8-18)19-12-15-4-1-2-5-16(15)13-19/h1-2,4-5,17-19H,3,6-14H2,(H,23,24). The molecule has 4 rings (SSSR count). The minimum atomic E-state index is -0.610. The third-order valence-electron chi connectivity index (χ3n) is 6.36. The molecule has 1 N–H and O–H groups in total. The molecule has 1 aromatic carbocycles. The highest BCUT2D eigenvalue weighted by Crippen LogP contribution is 2.29. The summed E-state index contributed by atoms with van der Waals surface area (Å²) in [6.07, 6.45) is 6.68. The van der Waals surface area contributed by atoms with Crippen LogP contribution >= 0.6 is 0 Å². The summed E-state index contributed by atoms with van der Waals surface area (Å²) in [5, 5.41) is 9.29. The summed E-state index contributed by atoms with van der Waals surface area (Å²) in [5.74, 6) is -0.762. The van der Waals surface area contributed by atoms with Crippen molar-refractivity contribution in [3.8, 4) is 0 Å². The number of benzene rings is 1. The van der Waals surface area contributed by atoms with E-state index in [1.807, 2.05) is 0 Å². The number of fused-ring (bicyclic) bond motifs is 1. The lowest BCUT2D eigenvalue weighted by Crippen LogP contribution is -2.51. The fourth-order valence-electron chi connectivity index (χ4n) is 4.95. The van der Waals surface area contributed by atoms with E-state index in [1.165, 1.54) is 36.8 Å². The number of nitrogens with zero attached hydrogens (tertiary/aromatic N) is 2. The number of hydrogen-bond acceptors (Lipinski definition) is 3. The first-order chi connectivity index (χ1) is 11.7. The van der Waals surface area contributed by atoms with Crippen LogP contribution in [0.3, 0.4) is 0 Å². The summed E-state index contributed by atoms with van der Waals surface area (Å²) in [4.78, 5) is 16.4. The second kappa shape index (κ2) is 6.85. The maximum atomic E-state index is 11.3. The molecule has 3 aliphatic rings. The van der Waals surface area contributed by atoms with E-state index in [9.17, 15) is 9.90 Å². The zero-order chi connectivity index (χ0) is 16.5. The van der Waals surface area contributed by atoms with Crippen LogP contribution < -0.4 is 0 Å². The van der Waals surface area contributed by atoms with Crippen molar-refractivity contribution >= 4 is 5.97 Å². The van der Waals surface area contributed by atoms with Crippen LogP contribution in [-0.2, 0) is 17.6 Å². The van der Waals surface area contributed by atoms with Gasteiger partial charge in [-0.15, -0.1) is 0 Å². The topological polar surface area (TPSA) is 43.8 Å². The normalized spacial score (nSPS) is 27.2. The Bertz CT molecular complexity index is 570. The fraction of sp³-hybridized carbons (Fsp3) is 0.650. The Morgan fingerprint density at radius 1 is 0.917 bits per heavy atom. The van der Waals surface area contributed by atoms with Crippen LogP contribution in [0.15, 0.2) is 24.3 Å². The lowest BCUT2D eigenvalue weighted by atomic mass is 9.93. The van der Waals surface area contributed by atoms with Gasteiger partial charge in [0.15, 0.2) is 0 Å². The Kier molecular flexibility index (Phi) is 4.59. The van der Waals surface area contributed by atoms with Gasteiger partial charge < -0.3 is 5.11 Å². The number of likely N-dealkylation sites (tertiary alicyclic amines) is 2. The van der Waals surface area contributed by atoms with E-state index < -0.39 is 5.97 Å². The zero-order valence-corrected chi connectivity index (χ0v) is 14.4. The number of carboxylic acids is 1. The molecule has 2 saturated heterocycles. The third-order valence-corrected chi connectivity index (χ3v) is 6.36. The van der Waals surface area contributed by atoms with Crippen molar-refractivity contribution in [2.75, 3.05) is 26.2 Å². The highest BCUT2D eigenvalue weighted by molar-refractivity contribution is 5.70. The second-order valence-corrected chi connectivity index (χ2v) is 7.77. The number of aliphatic carboxylic acids is 1. The summed E-state index contributed by atoms with van der Waals surface area (Å²) in [5.41, 5.74) is 3.06. The SMILES string of the molecule is O=C(O)C1CCCN(C2CCN(C3Cc4ccccc4C3)CC2)C1. The molecule has 2 heterocycles. The summed E-state index contributed by atoms with van der Waals surface area (Å²) < 4.78 is 0. The molecule has 1 aromatic rings. The molecule has 130 valence electrons. The highest BCUT2D eigenvalue weighted by atomic mass is 16.4.